The molecule has 7 atom stereocenters. The molecule has 2 saturated heterocycles. The van der Waals surface area contributed by atoms with Gasteiger partial charge in [-0.3, -0.25) is 19.2 Å². The number of esters is 1. The van der Waals surface area contributed by atoms with Crippen molar-refractivity contribution in [3.05, 3.63) is 89.5 Å². The lowest BCUT2D eigenvalue weighted by atomic mass is 9.74. The Morgan fingerprint density at radius 2 is 1.80 bits per heavy atom. The fourth-order valence-corrected chi connectivity index (χ4v) is 7.90. The number of methoxy groups -OCH3 is 1. The number of nitrogens with zero attached hydrogens (tertiary/aromatic N) is 2. The molecule has 50 heavy (non-hydrogen) atoms. The third-order valence-electron chi connectivity index (χ3n) is 10.3. The zero-order valence-electron chi connectivity index (χ0n) is 29.0. The summed E-state index contributed by atoms with van der Waals surface area (Å²) in [6.07, 6.45) is 8.03. The first-order valence-corrected chi connectivity index (χ1v) is 17.6. The van der Waals surface area contributed by atoms with Crippen LogP contribution in [0.1, 0.15) is 54.9 Å². The topological polar surface area (TPSA) is 135 Å². The molecule has 2 fully saturated rings. The van der Waals surface area contributed by atoms with Crippen LogP contribution in [0.15, 0.2) is 72.8 Å². The number of hydrogen-bond acceptors (Lipinski definition) is 8. The van der Waals surface area contributed by atoms with Gasteiger partial charge in [-0.15, -0.1) is 0 Å². The highest BCUT2D eigenvalue weighted by atomic mass is 16.6. The molecule has 0 aliphatic carbocycles. The van der Waals surface area contributed by atoms with Crippen molar-refractivity contribution in [1.29, 1.82) is 0 Å². The minimum absolute atomic E-state index is 0.0319. The molecule has 4 aliphatic heterocycles. The van der Waals surface area contributed by atoms with Crippen LogP contribution in [0, 0.1) is 25.7 Å². The fourth-order valence-electron chi connectivity index (χ4n) is 7.90. The van der Waals surface area contributed by atoms with Crippen molar-refractivity contribution < 1.29 is 38.5 Å². The van der Waals surface area contributed by atoms with Crippen LogP contribution in [0.5, 0.6) is 0 Å². The largest absolute Gasteiger partial charge is 0.455 e. The van der Waals surface area contributed by atoms with Gasteiger partial charge in [0.2, 0.25) is 11.8 Å². The van der Waals surface area contributed by atoms with Crippen molar-refractivity contribution >= 4 is 29.4 Å². The third kappa shape index (κ3) is 6.74. The first-order chi connectivity index (χ1) is 24.2. The zero-order chi connectivity index (χ0) is 35.4. The highest BCUT2D eigenvalue weighted by molar-refractivity contribution is 6.05. The number of rotatable bonds is 9. The summed E-state index contributed by atoms with van der Waals surface area (Å²) in [5.41, 5.74) is 1.86. The number of amides is 3. The maximum absolute atomic E-state index is 15.1. The van der Waals surface area contributed by atoms with Gasteiger partial charge in [0.1, 0.15) is 23.7 Å². The van der Waals surface area contributed by atoms with Gasteiger partial charge < -0.3 is 34.4 Å². The van der Waals surface area contributed by atoms with Gasteiger partial charge in [0, 0.05) is 38.9 Å². The van der Waals surface area contributed by atoms with Gasteiger partial charge in [0.25, 0.3) is 5.91 Å². The number of likely N-dealkylation sites (tertiary alicyclic amines) is 1. The second-order valence-corrected chi connectivity index (χ2v) is 13.7. The summed E-state index contributed by atoms with van der Waals surface area (Å²) < 4.78 is 18.4. The van der Waals surface area contributed by atoms with E-state index in [4.69, 9.17) is 14.2 Å². The van der Waals surface area contributed by atoms with Crippen LogP contribution in [-0.4, -0.2) is 90.9 Å². The number of benzene rings is 2. The van der Waals surface area contributed by atoms with Crippen LogP contribution < -0.4 is 10.2 Å². The monoisotopic (exact) mass is 685 g/mol. The highest BCUT2D eigenvalue weighted by Gasteiger charge is 2.73. The maximum Gasteiger partial charge on any atom is 0.313 e. The molecule has 0 unspecified atom stereocenters. The molecule has 5 bridgehead atoms. The molecule has 2 aromatic carbocycles. The minimum atomic E-state index is -1.38. The molecule has 2 aromatic rings. The van der Waals surface area contributed by atoms with E-state index in [1.807, 2.05) is 74.5 Å². The second-order valence-electron chi connectivity index (χ2n) is 13.7. The van der Waals surface area contributed by atoms with Crippen molar-refractivity contribution in [2.24, 2.45) is 11.8 Å². The summed E-state index contributed by atoms with van der Waals surface area (Å²) in [4.78, 5) is 60.6. The van der Waals surface area contributed by atoms with Gasteiger partial charge in [-0.05, 0) is 62.3 Å². The van der Waals surface area contributed by atoms with Crippen LogP contribution in [0.25, 0.3) is 0 Å². The Morgan fingerprint density at radius 3 is 2.56 bits per heavy atom. The molecular formula is C39H47N3O8. The molecule has 266 valence electrons. The van der Waals surface area contributed by atoms with Crippen molar-refractivity contribution in [3.8, 4) is 0 Å². The number of fused-ring (bicyclic) bond motifs is 2. The van der Waals surface area contributed by atoms with Gasteiger partial charge in [-0.25, -0.2) is 0 Å². The van der Waals surface area contributed by atoms with Crippen molar-refractivity contribution in [2.75, 3.05) is 38.3 Å². The van der Waals surface area contributed by atoms with Crippen LogP contribution in [-0.2, 0) is 33.4 Å². The van der Waals surface area contributed by atoms with E-state index >= 15 is 4.79 Å². The van der Waals surface area contributed by atoms with E-state index in [1.165, 1.54) is 7.11 Å². The number of nitrogens with one attached hydrogen (secondary N) is 1. The molecule has 0 aromatic heterocycles. The first kappa shape index (κ1) is 35.5. The molecule has 3 amide bonds. The lowest BCUT2D eigenvalue weighted by Gasteiger charge is -2.36. The second kappa shape index (κ2) is 15.3. The van der Waals surface area contributed by atoms with E-state index in [9.17, 15) is 19.5 Å². The van der Waals surface area contributed by atoms with Crippen molar-refractivity contribution in [3.63, 3.8) is 0 Å². The lowest BCUT2D eigenvalue weighted by molar-refractivity contribution is -0.162. The van der Waals surface area contributed by atoms with Gasteiger partial charge >= 0.3 is 5.97 Å². The average Bonchev–Trinajstić information content (AvgIpc) is 3.75. The van der Waals surface area contributed by atoms with Crippen LogP contribution >= 0.6 is 0 Å². The van der Waals surface area contributed by atoms with Gasteiger partial charge in [-0.1, -0.05) is 66.8 Å². The maximum atomic E-state index is 15.1. The molecule has 11 nitrogen and oxygen atoms in total. The van der Waals surface area contributed by atoms with E-state index in [0.717, 1.165) is 11.1 Å². The summed E-state index contributed by atoms with van der Waals surface area (Å²) >= 11 is 0. The molecule has 0 radical (unpaired) electrons. The molecule has 4 aliphatic rings. The molecule has 0 saturated carbocycles. The normalized spacial score (nSPS) is 30.4. The predicted octanol–water partition coefficient (Wildman–Crippen LogP) is 3.72. The molecular weight excluding hydrogens is 638 g/mol. The Balaban J connectivity index is 1.45. The summed E-state index contributed by atoms with van der Waals surface area (Å²) in [5, 5.41) is 12.4. The first-order valence-electron chi connectivity index (χ1n) is 17.6. The van der Waals surface area contributed by atoms with Crippen LogP contribution in [0.4, 0.5) is 5.69 Å². The van der Waals surface area contributed by atoms with Crippen molar-refractivity contribution in [2.45, 2.75) is 75.8 Å². The summed E-state index contributed by atoms with van der Waals surface area (Å²) in [7, 11) is 1.52. The van der Waals surface area contributed by atoms with Gasteiger partial charge in [-0.2, -0.15) is 0 Å². The Labute approximate surface area is 293 Å². The number of aliphatic hydroxyl groups is 1. The molecule has 11 heteroatoms. The lowest BCUT2D eigenvalue weighted by Crippen LogP contribution is -2.56. The van der Waals surface area contributed by atoms with E-state index in [0.29, 0.717) is 36.9 Å². The smallest absolute Gasteiger partial charge is 0.313 e. The number of cyclic esters (lactones) is 1. The standard InChI is InChI=1S/C39H47N3O8/c1-25-16-17-26(2)29(23-25)41-20-10-5-9-15-31(44)40-28(24-48-3)34(27-13-7-4-8-14-27)49-38(47)32-30-18-19-39(50-30)33(32)36(45)42(35(39)37(41)46)21-11-6-12-22-43/h4-5,7-8,10,13-14,16-19,23,28,30,32-35,43H,6,9,11-12,15,20-22,24H2,1-3H3,(H,40,44)/b10-5-/t28-,30+,32-,33-,34-,35+,39-/m1/s1. The van der Waals surface area contributed by atoms with E-state index in [1.54, 1.807) is 22.0 Å². The summed E-state index contributed by atoms with van der Waals surface area (Å²) in [6.45, 7) is 4.48. The van der Waals surface area contributed by atoms with Gasteiger partial charge in [0.15, 0.2) is 0 Å². The number of aryl methyl sites for hydroxylation is 2. The number of anilines is 1. The predicted molar refractivity (Wildman–Crippen MR) is 186 cm³/mol. The average molecular weight is 686 g/mol. The number of carbonyl (C=O) groups is 4. The fraction of sp³-hybridized carbons (Fsp3) is 0.487. The molecule has 2 N–H and O–H groups in total. The van der Waals surface area contributed by atoms with Crippen molar-refractivity contribution in [1.82, 2.24) is 10.2 Å². The Morgan fingerprint density at radius 1 is 1.00 bits per heavy atom. The quantitative estimate of drug-likeness (QED) is 0.232. The third-order valence-corrected chi connectivity index (χ3v) is 10.3. The van der Waals surface area contributed by atoms with Crippen LogP contribution in [0.2, 0.25) is 0 Å². The summed E-state index contributed by atoms with van der Waals surface area (Å²) in [5.74, 6) is -3.54. The summed E-state index contributed by atoms with van der Waals surface area (Å²) in [6, 6.07) is 13.3. The number of hydrogen-bond donors (Lipinski definition) is 2. The SMILES string of the molecule is COC[C@H]1NC(=O)CC/C=C\CN(c2cc(C)ccc2C)C(=O)[C@@H]2N(CCCCCO)C(=O)[C@H]3[C@H](C(=O)O[C@@H]1c1ccccc1)[C@@H]1C=C[C@]23O1. The molecule has 6 rings (SSSR count). The van der Waals surface area contributed by atoms with E-state index in [-0.39, 0.29) is 50.4 Å². The number of carbonyl (C=O) groups excluding carboxylic acids is 4. The van der Waals surface area contributed by atoms with E-state index in [2.05, 4.69) is 5.32 Å². The van der Waals surface area contributed by atoms with E-state index < -0.39 is 47.7 Å². The Kier molecular flexibility index (Phi) is 10.9. The number of aliphatic hydroxyl groups excluding tert-OH is 1. The zero-order valence-corrected chi connectivity index (χ0v) is 29.0. The molecule has 1 spiro atoms. The number of ether oxygens (including phenoxy) is 3. The van der Waals surface area contributed by atoms with Gasteiger partial charge in [0.05, 0.1) is 24.7 Å². The number of allylic oxidation sites excluding steroid dienone is 1. The Hall–Kier alpha value is -4.32. The number of unbranched alkanes of at least 4 members (excludes halogenated alkanes) is 2. The van der Waals surface area contributed by atoms with Crippen LogP contribution in [0.3, 0.4) is 0 Å². The molecule has 4 heterocycles. The Bertz CT molecular complexity index is 1640. The highest BCUT2D eigenvalue weighted by Crippen LogP contribution is 2.56. The minimum Gasteiger partial charge on any atom is -0.455 e.